The van der Waals surface area contributed by atoms with Crippen LogP contribution in [0.5, 0.6) is 0 Å². The fourth-order valence-electron chi connectivity index (χ4n) is 3.87. The molecule has 0 aromatic rings. The minimum absolute atomic E-state index is 0.128. The Morgan fingerprint density at radius 3 is 1.57 bits per heavy atom. The zero-order valence-electron chi connectivity index (χ0n) is 22.9. The third-order valence-corrected chi connectivity index (χ3v) is 7.45. The largest absolute Gasteiger partial charge is 0.550 e. The van der Waals surface area contributed by atoms with Crippen molar-refractivity contribution in [2.24, 2.45) is 0 Å². The molecular weight excluding hydrogens is 629 g/mol. The molecular formula is C24H34F13NO3S. The molecule has 0 radical (unpaired) electrons. The smallest absolute Gasteiger partial charge is 0.460 e. The van der Waals surface area contributed by atoms with E-state index < -0.39 is 72.0 Å². The number of thioether (sulfide) groups is 1. The van der Waals surface area contributed by atoms with Gasteiger partial charge in [-0.05, 0) is 12.8 Å². The van der Waals surface area contributed by atoms with Crippen LogP contribution < -0.4 is 5.11 Å². The number of rotatable bonds is 21. The summed E-state index contributed by atoms with van der Waals surface area (Å²) < 4.78 is 172. The summed E-state index contributed by atoms with van der Waals surface area (Å²) in [5.41, 5.74) is 0. The number of nitrogens with zero attached hydrogens (tertiary/aromatic N) is 1. The van der Waals surface area contributed by atoms with Crippen LogP contribution in [-0.4, -0.2) is 83.8 Å². The van der Waals surface area contributed by atoms with E-state index in [1.807, 2.05) is 0 Å². The number of hydrogen-bond donors (Lipinski definition) is 0. The van der Waals surface area contributed by atoms with Crippen molar-refractivity contribution in [1.29, 1.82) is 0 Å². The van der Waals surface area contributed by atoms with Gasteiger partial charge in [0.2, 0.25) is 5.12 Å². The van der Waals surface area contributed by atoms with Gasteiger partial charge in [-0.3, -0.25) is 4.79 Å². The standard InChI is InChI=1S/C24H34F13NO3S/c1-3-4-5-6-7-8-9-10-13-38(2,14-11-17(39)40)16-18(41)42-15-12-19(25,26)20(27,28)21(29,30)22(31,32)23(33,34)24(35,36)37/h3-16H2,1-2H3. The molecule has 42 heavy (non-hydrogen) atoms. The number of hydrogen-bond acceptors (Lipinski definition) is 4. The molecule has 4 nitrogen and oxygen atoms in total. The molecule has 0 bridgehead atoms. The second kappa shape index (κ2) is 15.5. The molecule has 0 aromatic heterocycles. The van der Waals surface area contributed by atoms with Gasteiger partial charge in [0.1, 0.15) is 6.54 Å². The number of unbranched alkanes of at least 4 members (excludes halogenated alkanes) is 7. The zero-order valence-corrected chi connectivity index (χ0v) is 23.7. The fourth-order valence-corrected chi connectivity index (χ4v) is 4.86. The van der Waals surface area contributed by atoms with Gasteiger partial charge in [0.25, 0.3) is 0 Å². The summed E-state index contributed by atoms with van der Waals surface area (Å²) in [6.45, 7) is 1.59. The molecule has 0 heterocycles. The molecule has 0 aromatic carbocycles. The Bertz CT molecular complexity index is 869. The van der Waals surface area contributed by atoms with Gasteiger partial charge in [-0.1, -0.05) is 57.2 Å². The van der Waals surface area contributed by atoms with Crippen LogP contribution in [0.4, 0.5) is 57.1 Å². The number of carbonyl (C=O) groups excluding carboxylic acids is 2. The van der Waals surface area contributed by atoms with Crippen molar-refractivity contribution in [3.05, 3.63) is 0 Å². The van der Waals surface area contributed by atoms with Gasteiger partial charge in [-0.25, -0.2) is 0 Å². The Morgan fingerprint density at radius 2 is 1.12 bits per heavy atom. The molecule has 0 aliphatic carbocycles. The second-order valence-electron chi connectivity index (χ2n) is 10.3. The lowest BCUT2D eigenvalue weighted by Crippen LogP contribution is -2.70. The first-order valence-electron chi connectivity index (χ1n) is 13.0. The maximum absolute atomic E-state index is 14.0. The summed E-state index contributed by atoms with van der Waals surface area (Å²) in [4.78, 5) is 23.2. The third-order valence-electron chi connectivity index (χ3n) is 6.60. The van der Waals surface area contributed by atoms with E-state index in [1.54, 1.807) is 0 Å². The first-order chi connectivity index (χ1) is 18.8. The molecule has 250 valence electrons. The van der Waals surface area contributed by atoms with Crippen molar-refractivity contribution in [2.75, 3.05) is 32.4 Å². The van der Waals surface area contributed by atoms with Crippen molar-refractivity contribution in [3.63, 3.8) is 0 Å². The molecule has 18 heteroatoms. The summed E-state index contributed by atoms with van der Waals surface area (Å²) >= 11 is -0.128. The summed E-state index contributed by atoms with van der Waals surface area (Å²) in [6, 6.07) is 0. The van der Waals surface area contributed by atoms with E-state index in [0.29, 0.717) is 12.8 Å². The number of quaternary nitrogens is 1. The first-order valence-corrected chi connectivity index (χ1v) is 14.0. The van der Waals surface area contributed by atoms with Crippen molar-refractivity contribution < 1.29 is 76.3 Å². The van der Waals surface area contributed by atoms with Crippen molar-refractivity contribution in [2.45, 2.75) is 107 Å². The van der Waals surface area contributed by atoms with Crippen LogP contribution >= 0.6 is 11.8 Å². The number of aliphatic carboxylic acids is 1. The molecule has 1 unspecified atom stereocenters. The SMILES string of the molecule is CCCCCCCCCC[N+](C)(CCC(=O)[O-])CC(=O)SCCC(F)(F)C(F)(F)C(F)(F)C(F)(F)C(F)(F)C(F)(F)F. The van der Waals surface area contributed by atoms with Gasteiger partial charge in [-0.15, -0.1) is 0 Å². The summed E-state index contributed by atoms with van der Waals surface area (Å²) in [7, 11) is 1.44. The van der Waals surface area contributed by atoms with E-state index in [4.69, 9.17) is 0 Å². The number of carboxylic acid groups (broad SMARTS) is 1. The molecule has 0 saturated carbocycles. The number of carbonyl (C=O) groups is 2. The molecule has 0 aliphatic rings. The normalized spacial score (nSPS) is 15.5. The quantitative estimate of drug-likeness (QED) is 0.0747. The Kier molecular flexibility index (Phi) is 15.0. The van der Waals surface area contributed by atoms with Gasteiger partial charge >= 0.3 is 35.8 Å². The molecule has 0 N–H and O–H groups in total. The van der Waals surface area contributed by atoms with Crippen LogP contribution in [-0.2, 0) is 9.59 Å². The van der Waals surface area contributed by atoms with Crippen molar-refractivity contribution >= 4 is 22.8 Å². The van der Waals surface area contributed by atoms with Crippen LogP contribution in [0.15, 0.2) is 0 Å². The van der Waals surface area contributed by atoms with Gasteiger partial charge in [0, 0.05) is 24.6 Å². The van der Waals surface area contributed by atoms with Crippen LogP contribution in [0.3, 0.4) is 0 Å². The average Bonchev–Trinajstić information content (AvgIpc) is 2.83. The van der Waals surface area contributed by atoms with Crippen LogP contribution in [0.25, 0.3) is 0 Å². The zero-order chi connectivity index (χ0) is 33.3. The molecule has 0 saturated heterocycles. The molecule has 0 spiro atoms. The highest BCUT2D eigenvalue weighted by Crippen LogP contribution is 2.60. The minimum atomic E-state index is -7.97. The number of halogens is 13. The van der Waals surface area contributed by atoms with Crippen LogP contribution in [0.1, 0.15) is 71.1 Å². The van der Waals surface area contributed by atoms with E-state index in [1.165, 1.54) is 7.05 Å². The van der Waals surface area contributed by atoms with Gasteiger partial charge in [0.05, 0.1) is 20.1 Å². The van der Waals surface area contributed by atoms with E-state index in [0.717, 1.165) is 38.5 Å². The molecule has 0 fully saturated rings. The van der Waals surface area contributed by atoms with Gasteiger partial charge in [-0.2, -0.15) is 57.1 Å². The van der Waals surface area contributed by atoms with Gasteiger partial charge in [0.15, 0.2) is 0 Å². The highest BCUT2D eigenvalue weighted by molar-refractivity contribution is 8.13. The summed E-state index contributed by atoms with van der Waals surface area (Å²) in [6.07, 6.45) is -3.24. The predicted molar refractivity (Wildman–Crippen MR) is 126 cm³/mol. The Morgan fingerprint density at radius 1 is 0.667 bits per heavy atom. The third kappa shape index (κ3) is 10.3. The highest BCUT2D eigenvalue weighted by atomic mass is 32.2. The molecule has 0 amide bonds. The maximum Gasteiger partial charge on any atom is 0.460 e. The summed E-state index contributed by atoms with van der Waals surface area (Å²) in [5.74, 6) is -40.2. The van der Waals surface area contributed by atoms with Crippen LogP contribution in [0.2, 0.25) is 0 Å². The Labute approximate surface area is 238 Å². The average molecular weight is 664 g/mol. The van der Waals surface area contributed by atoms with E-state index in [2.05, 4.69) is 6.92 Å². The second-order valence-corrected chi connectivity index (χ2v) is 11.4. The van der Waals surface area contributed by atoms with Crippen molar-refractivity contribution in [1.82, 2.24) is 0 Å². The lowest BCUT2D eigenvalue weighted by atomic mass is 9.93. The van der Waals surface area contributed by atoms with Crippen LogP contribution in [0, 0.1) is 0 Å². The highest BCUT2D eigenvalue weighted by Gasteiger charge is 2.90. The van der Waals surface area contributed by atoms with Crippen molar-refractivity contribution in [3.8, 4) is 0 Å². The molecule has 0 aliphatic heterocycles. The monoisotopic (exact) mass is 663 g/mol. The topological polar surface area (TPSA) is 57.2 Å². The number of likely N-dealkylation sites (N-methyl/N-ethyl adjacent to an activating group) is 1. The molecule has 1 atom stereocenters. The molecule has 0 rings (SSSR count). The number of carboxylic acids is 1. The Hall–Kier alpha value is -1.46. The lowest BCUT2D eigenvalue weighted by Gasteiger charge is -2.39. The van der Waals surface area contributed by atoms with E-state index in [-0.39, 0.29) is 29.3 Å². The number of alkyl halides is 13. The Balaban J connectivity index is 5.33. The van der Waals surface area contributed by atoms with E-state index >= 15 is 0 Å². The van der Waals surface area contributed by atoms with E-state index in [9.17, 15) is 71.8 Å². The minimum Gasteiger partial charge on any atom is -0.550 e. The maximum atomic E-state index is 14.0. The first kappa shape index (κ1) is 40.5. The lowest BCUT2D eigenvalue weighted by molar-refractivity contribution is -0.901. The summed E-state index contributed by atoms with van der Waals surface area (Å²) in [5, 5.41) is 9.88. The van der Waals surface area contributed by atoms with Gasteiger partial charge < -0.3 is 14.4 Å². The fraction of sp³-hybridized carbons (Fsp3) is 0.917. The predicted octanol–water partition coefficient (Wildman–Crippen LogP) is 7.10.